The summed E-state index contributed by atoms with van der Waals surface area (Å²) in [5, 5.41) is 2.91. The number of carbonyl (C=O) groups is 1. The highest BCUT2D eigenvalue weighted by molar-refractivity contribution is 6.04. The number of carbonyl (C=O) groups excluding carboxylic acids is 1. The minimum Gasteiger partial charge on any atom is -0.378 e. The van der Waals surface area contributed by atoms with Crippen LogP contribution in [0, 0.1) is 13.8 Å². The molecule has 0 unspecified atom stereocenters. The molecule has 3 rings (SSSR count). The molecule has 0 radical (unpaired) electrons. The van der Waals surface area contributed by atoms with E-state index in [0.29, 0.717) is 5.56 Å². The number of hydrogen-bond acceptors (Lipinski definition) is 4. The molecule has 2 aromatic rings. The molecule has 0 aliphatic carbocycles. The van der Waals surface area contributed by atoms with Crippen LogP contribution in [0.15, 0.2) is 36.5 Å². The Morgan fingerprint density at radius 1 is 1.13 bits per heavy atom. The van der Waals surface area contributed by atoms with Gasteiger partial charge in [-0.3, -0.25) is 4.79 Å². The lowest BCUT2D eigenvalue weighted by Crippen LogP contribution is -2.36. The summed E-state index contributed by atoms with van der Waals surface area (Å²) in [6.45, 7) is 7.19. The second-order valence-corrected chi connectivity index (χ2v) is 5.76. The van der Waals surface area contributed by atoms with Gasteiger partial charge in [-0.15, -0.1) is 0 Å². The van der Waals surface area contributed by atoms with Crippen LogP contribution in [0.1, 0.15) is 21.5 Å². The van der Waals surface area contributed by atoms with Gasteiger partial charge in [-0.05, 0) is 49.2 Å². The van der Waals surface area contributed by atoms with E-state index in [1.165, 1.54) is 5.56 Å². The van der Waals surface area contributed by atoms with Crippen LogP contribution < -0.4 is 10.2 Å². The molecule has 1 saturated heterocycles. The summed E-state index contributed by atoms with van der Waals surface area (Å²) in [7, 11) is 0. The highest BCUT2D eigenvalue weighted by Crippen LogP contribution is 2.17. The fourth-order valence-corrected chi connectivity index (χ4v) is 2.52. The largest absolute Gasteiger partial charge is 0.378 e. The number of ether oxygens (including phenoxy) is 1. The van der Waals surface area contributed by atoms with E-state index < -0.39 is 0 Å². The quantitative estimate of drug-likeness (QED) is 0.947. The third kappa shape index (κ3) is 3.68. The van der Waals surface area contributed by atoms with E-state index in [-0.39, 0.29) is 5.91 Å². The van der Waals surface area contributed by atoms with Crippen LogP contribution in [0.3, 0.4) is 0 Å². The first-order chi connectivity index (χ1) is 11.1. The van der Waals surface area contributed by atoms with Gasteiger partial charge in [0.05, 0.1) is 18.8 Å². The molecule has 0 atom stereocenters. The number of aromatic nitrogens is 1. The minimum atomic E-state index is -0.144. The van der Waals surface area contributed by atoms with Gasteiger partial charge in [0.15, 0.2) is 0 Å². The molecule has 1 aromatic heterocycles. The number of hydrogen-bond donors (Lipinski definition) is 1. The Balaban J connectivity index is 1.68. The van der Waals surface area contributed by atoms with Crippen LogP contribution in [0.2, 0.25) is 0 Å². The van der Waals surface area contributed by atoms with Gasteiger partial charge in [0.2, 0.25) is 0 Å². The van der Waals surface area contributed by atoms with E-state index in [2.05, 4.69) is 22.1 Å². The number of anilines is 2. The number of aryl methyl sites for hydroxylation is 2. The van der Waals surface area contributed by atoms with Crippen molar-refractivity contribution in [2.45, 2.75) is 13.8 Å². The van der Waals surface area contributed by atoms with Crippen molar-refractivity contribution in [2.24, 2.45) is 0 Å². The molecular weight excluding hydrogens is 290 g/mol. The van der Waals surface area contributed by atoms with Gasteiger partial charge in [0.1, 0.15) is 5.82 Å². The molecule has 2 heterocycles. The van der Waals surface area contributed by atoms with Gasteiger partial charge in [-0.25, -0.2) is 4.98 Å². The molecule has 120 valence electrons. The average Bonchev–Trinajstić information content (AvgIpc) is 2.59. The van der Waals surface area contributed by atoms with E-state index in [9.17, 15) is 4.79 Å². The van der Waals surface area contributed by atoms with Gasteiger partial charge >= 0.3 is 0 Å². The molecule has 1 aromatic carbocycles. The van der Waals surface area contributed by atoms with Crippen LogP contribution in [-0.4, -0.2) is 37.2 Å². The number of morpholine rings is 1. The summed E-state index contributed by atoms with van der Waals surface area (Å²) >= 11 is 0. The summed E-state index contributed by atoms with van der Waals surface area (Å²) in [4.78, 5) is 18.9. The SMILES string of the molecule is Cc1ccc(NC(=O)c2ccc(N3CCOCC3)nc2)cc1C. The van der Waals surface area contributed by atoms with Crippen LogP contribution >= 0.6 is 0 Å². The highest BCUT2D eigenvalue weighted by atomic mass is 16.5. The Labute approximate surface area is 136 Å². The van der Waals surface area contributed by atoms with E-state index in [4.69, 9.17) is 4.74 Å². The zero-order valence-electron chi connectivity index (χ0n) is 13.5. The molecule has 0 spiro atoms. The summed E-state index contributed by atoms with van der Waals surface area (Å²) < 4.78 is 5.33. The Morgan fingerprint density at radius 3 is 2.57 bits per heavy atom. The second kappa shape index (κ2) is 6.79. The number of nitrogens with one attached hydrogen (secondary N) is 1. The monoisotopic (exact) mass is 311 g/mol. The van der Waals surface area contributed by atoms with E-state index in [1.54, 1.807) is 6.20 Å². The molecule has 1 amide bonds. The van der Waals surface area contributed by atoms with E-state index in [1.807, 2.05) is 37.3 Å². The summed E-state index contributed by atoms with van der Waals surface area (Å²) in [6.07, 6.45) is 1.63. The van der Waals surface area contributed by atoms with Crippen LogP contribution in [-0.2, 0) is 4.74 Å². The van der Waals surface area contributed by atoms with Gasteiger partial charge < -0.3 is 15.0 Å². The maximum atomic E-state index is 12.3. The smallest absolute Gasteiger partial charge is 0.257 e. The predicted molar refractivity (Wildman–Crippen MR) is 91.1 cm³/mol. The molecule has 1 N–H and O–H groups in total. The van der Waals surface area contributed by atoms with Crippen molar-refractivity contribution >= 4 is 17.4 Å². The van der Waals surface area contributed by atoms with Crippen LogP contribution in [0.5, 0.6) is 0 Å². The average molecular weight is 311 g/mol. The zero-order valence-corrected chi connectivity index (χ0v) is 13.5. The number of pyridine rings is 1. The predicted octanol–water partition coefficient (Wildman–Crippen LogP) is 2.79. The third-order valence-electron chi connectivity index (χ3n) is 4.11. The van der Waals surface area contributed by atoms with Crippen molar-refractivity contribution in [1.82, 2.24) is 4.98 Å². The number of amides is 1. The normalized spacial score (nSPS) is 14.6. The molecule has 5 heteroatoms. The Kier molecular flexibility index (Phi) is 4.57. The zero-order chi connectivity index (χ0) is 16.2. The highest BCUT2D eigenvalue weighted by Gasteiger charge is 2.13. The standard InChI is InChI=1S/C18H21N3O2/c1-13-3-5-16(11-14(13)2)20-18(22)15-4-6-17(19-12-15)21-7-9-23-10-8-21/h3-6,11-12H,7-10H2,1-2H3,(H,20,22). The first kappa shape index (κ1) is 15.5. The topological polar surface area (TPSA) is 54.5 Å². The molecule has 1 aliphatic rings. The fourth-order valence-electron chi connectivity index (χ4n) is 2.52. The molecule has 1 fully saturated rings. The second-order valence-electron chi connectivity index (χ2n) is 5.76. The molecule has 0 saturated carbocycles. The van der Waals surface area contributed by atoms with Gasteiger partial charge in [0.25, 0.3) is 5.91 Å². The molecule has 5 nitrogen and oxygen atoms in total. The molecular formula is C18H21N3O2. The van der Waals surface area contributed by atoms with Crippen LogP contribution in [0.4, 0.5) is 11.5 Å². The van der Waals surface area contributed by atoms with Gasteiger partial charge in [-0.1, -0.05) is 6.07 Å². The Morgan fingerprint density at radius 2 is 1.91 bits per heavy atom. The van der Waals surface area contributed by atoms with Crippen molar-refractivity contribution in [1.29, 1.82) is 0 Å². The molecule has 1 aliphatic heterocycles. The summed E-state index contributed by atoms with van der Waals surface area (Å²) in [6, 6.07) is 9.60. The van der Waals surface area contributed by atoms with Crippen LogP contribution in [0.25, 0.3) is 0 Å². The number of benzene rings is 1. The van der Waals surface area contributed by atoms with Gasteiger partial charge in [-0.2, -0.15) is 0 Å². The number of nitrogens with zero attached hydrogens (tertiary/aromatic N) is 2. The van der Waals surface area contributed by atoms with E-state index in [0.717, 1.165) is 43.4 Å². The van der Waals surface area contributed by atoms with E-state index >= 15 is 0 Å². The maximum Gasteiger partial charge on any atom is 0.257 e. The van der Waals surface area contributed by atoms with Crippen molar-refractivity contribution in [2.75, 3.05) is 36.5 Å². The van der Waals surface area contributed by atoms with Gasteiger partial charge in [0, 0.05) is 25.0 Å². The maximum absolute atomic E-state index is 12.3. The Hall–Kier alpha value is -2.40. The number of rotatable bonds is 3. The lowest BCUT2D eigenvalue weighted by molar-refractivity contribution is 0.102. The molecule has 23 heavy (non-hydrogen) atoms. The lowest BCUT2D eigenvalue weighted by Gasteiger charge is -2.27. The lowest BCUT2D eigenvalue weighted by atomic mass is 10.1. The first-order valence-electron chi connectivity index (χ1n) is 7.81. The fraction of sp³-hybridized carbons (Fsp3) is 0.333. The summed E-state index contributed by atoms with van der Waals surface area (Å²) in [5.74, 6) is 0.741. The van der Waals surface area contributed by atoms with Crippen molar-refractivity contribution in [3.05, 3.63) is 53.2 Å². The summed E-state index contributed by atoms with van der Waals surface area (Å²) in [5.41, 5.74) is 3.72. The Bertz CT molecular complexity index is 692. The van der Waals surface area contributed by atoms with Crippen molar-refractivity contribution in [3.8, 4) is 0 Å². The minimum absolute atomic E-state index is 0.144. The third-order valence-corrected chi connectivity index (χ3v) is 4.11. The van der Waals surface area contributed by atoms with Crippen molar-refractivity contribution < 1.29 is 9.53 Å². The van der Waals surface area contributed by atoms with Crippen molar-refractivity contribution in [3.63, 3.8) is 0 Å². The first-order valence-corrected chi connectivity index (χ1v) is 7.81. The molecule has 0 bridgehead atoms.